The molecule has 1 amide bonds. The van der Waals surface area contributed by atoms with Crippen LogP contribution < -0.4 is 10.5 Å². The highest BCUT2D eigenvalue weighted by Crippen LogP contribution is 2.20. The number of carboxylic acid groups (broad SMARTS) is 1. The van der Waals surface area contributed by atoms with E-state index < -0.39 is 11.9 Å². The van der Waals surface area contributed by atoms with Crippen molar-refractivity contribution in [1.82, 2.24) is 4.90 Å². The summed E-state index contributed by atoms with van der Waals surface area (Å²) in [6.45, 7) is 2.10. The SMILES string of the molecule is NC(=O)COc1ccc(CN2CCCC(C(=O)O)C2)cc1. The van der Waals surface area contributed by atoms with Gasteiger partial charge in [-0.05, 0) is 37.1 Å². The topological polar surface area (TPSA) is 92.9 Å². The van der Waals surface area contributed by atoms with E-state index in [1.165, 1.54) is 0 Å². The largest absolute Gasteiger partial charge is 0.484 e. The summed E-state index contributed by atoms with van der Waals surface area (Å²) in [7, 11) is 0. The van der Waals surface area contributed by atoms with Crippen LogP contribution in [-0.4, -0.2) is 41.6 Å². The smallest absolute Gasteiger partial charge is 0.307 e. The zero-order chi connectivity index (χ0) is 15.2. The van der Waals surface area contributed by atoms with Gasteiger partial charge in [-0.25, -0.2) is 0 Å². The lowest BCUT2D eigenvalue weighted by molar-refractivity contribution is -0.143. The number of nitrogens with two attached hydrogens (primary N) is 1. The molecule has 1 saturated heterocycles. The Hall–Kier alpha value is -2.08. The Balaban J connectivity index is 1.88. The molecule has 2 rings (SSSR count). The third-order valence-corrected chi connectivity index (χ3v) is 3.57. The summed E-state index contributed by atoms with van der Waals surface area (Å²) in [4.78, 5) is 23.8. The number of rotatable bonds is 6. The van der Waals surface area contributed by atoms with Crippen LogP contribution in [0.2, 0.25) is 0 Å². The van der Waals surface area contributed by atoms with E-state index in [0.717, 1.165) is 31.5 Å². The van der Waals surface area contributed by atoms with Crippen molar-refractivity contribution in [3.63, 3.8) is 0 Å². The van der Waals surface area contributed by atoms with Gasteiger partial charge in [0.25, 0.3) is 5.91 Å². The molecule has 3 N–H and O–H groups in total. The first-order chi connectivity index (χ1) is 10.0. The predicted molar refractivity (Wildman–Crippen MR) is 76.8 cm³/mol. The van der Waals surface area contributed by atoms with E-state index in [1.807, 2.05) is 12.1 Å². The molecule has 0 spiro atoms. The Morgan fingerprint density at radius 1 is 1.33 bits per heavy atom. The van der Waals surface area contributed by atoms with E-state index in [4.69, 9.17) is 15.6 Å². The van der Waals surface area contributed by atoms with Gasteiger partial charge in [0.15, 0.2) is 6.61 Å². The van der Waals surface area contributed by atoms with Crippen molar-refractivity contribution in [3.05, 3.63) is 29.8 Å². The molecule has 1 fully saturated rings. The van der Waals surface area contributed by atoms with Crippen molar-refractivity contribution < 1.29 is 19.4 Å². The van der Waals surface area contributed by atoms with Gasteiger partial charge in [0, 0.05) is 13.1 Å². The van der Waals surface area contributed by atoms with E-state index in [2.05, 4.69) is 4.90 Å². The zero-order valence-electron chi connectivity index (χ0n) is 11.8. The van der Waals surface area contributed by atoms with E-state index in [9.17, 15) is 9.59 Å². The van der Waals surface area contributed by atoms with Gasteiger partial charge in [-0.3, -0.25) is 14.5 Å². The number of amides is 1. The second kappa shape index (κ2) is 7.08. The minimum absolute atomic E-state index is 0.133. The van der Waals surface area contributed by atoms with Gasteiger partial charge in [-0.2, -0.15) is 0 Å². The molecule has 0 saturated carbocycles. The number of likely N-dealkylation sites (tertiary alicyclic amines) is 1. The molecule has 1 unspecified atom stereocenters. The summed E-state index contributed by atoms with van der Waals surface area (Å²) in [6.07, 6.45) is 1.67. The van der Waals surface area contributed by atoms with Crippen molar-refractivity contribution >= 4 is 11.9 Å². The Morgan fingerprint density at radius 3 is 2.67 bits per heavy atom. The summed E-state index contributed by atoms with van der Waals surface area (Å²) in [5.41, 5.74) is 6.10. The maximum atomic E-state index is 11.0. The lowest BCUT2D eigenvalue weighted by Crippen LogP contribution is -2.38. The molecule has 1 aliphatic heterocycles. The molecule has 1 aromatic carbocycles. The van der Waals surface area contributed by atoms with Crippen molar-refractivity contribution in [1.29, 1.82) is 0 Å². The molecular weight excluding hydrogens is 272 g/mol. The molecule has 6 heteroatoms. The first-order valence-corrected chi connectivity index (χ1v) is 7.00. The summed E-state index contributed by atoms with van der Waals surface area (Å²) in [5, 5.41) is 9.08. The minimum Gasteiger partial charge on any atom is -0.484 e. The fourth-order valence-electron chi connectivity index (χ4n) is 2.50. The van der Waals surface area contributed by atoms with Gasteiger partial charge < -0.3 is 15.6 Å². The molecule has 1 aliphatic rings. The van der Waals surface area contributed by atoms with Crippen LogP contribution >= 0.6 is 0 Å². The average Bonchev–Trinajstić information content (AvgIpc) is 2.47. The maximum absolute atomic E-state index is 11.0. The number of aliphatic carboxylic acids is 1. The molecule has 0 aliphatic carbocycles. The second-order valence-corrected chi connectivity index (χ2v) is 5.31. The number of hydrogen-bond donors (Lipinski definition) is 2. The van der Waals surface area contributed by atoms with Gasteiger partial charge in [0.2, 0.25) is 0 Å². The Kier molecular flexibility index (Phi) is 5.16. The third kappa shape index (κ3) is 4.75. The molecule has 1 atom stereocenters. The minimum atomic E-state index is -0.713. The normalized spacial score (nSPS) is 19.1. The molecule has 1 heterocycles. The number of benzene rings is 1. The van der Waals surface area contributed by atoms with Crippen LogP contribution in [0, 0.1) is 5.92 Å². The van der Waals surface area contributed by atoms with Crippen molar-refractivity contribution in [2.75, 3.05) is 19.7 Å². The highest BCUT2D eigenvalue weighted by atomic mass is 16.5. The number of nitrogens with zero attached hydrogens (tertiary/aromatic N) is 1. The van der Waals surface area contributed by atoms with Crippen LogP contribution in [0.4, 0.5) is 0 Å². The number of hydrogen-bond acceptors (Lipinski definition) is 4. The molecule has 0 bridgehead atoms. The number of primary amides is 1. The fraction of sp³-hybridized carbons (Fsp3) is 0.467. The molecule has 0 aromatic heterocycles. The van der Waals surface area contributed by atoms with Gasteiger partial charge in [-0.15, -0.1) is 0 Å². The zero-order valence-corrected chi connectivity index (χ0v) is 11.8. The molecule has 114 valence electrons. The predicted octanol–water partition coefficient (Wildman–Crippen LogP) is 0.847. The number of carbonyl (C=O) groups is 2. The van der Waals surface area contributed by atoms with E-state index in [0.29, 0.717) is 12.3 Å². The summed E-state index contributed by atoms with van der Waals surface area (Å²) in [6, 6.07) is 7.41. The van der Waals surface area contributed by atoms with Crippen molar-refractivity contribution in [3.8, 4) is 5.75 Å². The standard InChI is InChI=1S/C15H20N2O4/c16-14(18)10-21-13-5-3-11(4-6-13)8-17-7-1-2-12(9-17)15(19)20/h3-6,12H,1-2,7-10H2,(H2,16,18)(H,19,20). The fourth-order valence-corrected chi connectivity index (χ4v) is 2.50. The first kappa shape index (κ1) is 15.3. The molecule has 0 radical (unpaired) electrons. The lowest BCUT2D eigenvalue weighted by atomic mass is 9.98. The number of carbonyl (C=O) groups excluding carboxylic acids is 1. The summed E-state index contributed by atoms with van der Waals surface area (Å²) in [5.74, 6) is -0.890. The number of carboxylic acids is 1. The van der Waals surface area contributed by atoms with E-state index in [1.54, 1.807) is 12.1 Å². The Labute approximate surface area is 123 Å². The van der Waals surface area contributed by atoms with E-state index in [-0.39, 0.29) is 12.5 Å². The monoisotopic (exact) mass is 292 g/mol. The lowest BCUT2D eigenvalue weighted by Gasteiger charge is -2.30. The molecule has 6 nitrogen and oxygen atoms in total. The van der Waals surface area contributed by atoms with Gasteiger partial charge in [0.05, 0.1) is 5.92 Å². The van der Waals surface area contributed by atoms with E-state index >= 15 is 0 Å². The molecular formula is C15H20N2O4. The van der Waals surface area contributed by atoms with Gasteiger partial charge >= 0.3 is 5.97 Å². The quantitative estimate of drug-likeness (QED) is 0.810. The Bertz CT molecular complexity index is 501. The van der Waals surface area contributed by atoms with Crippen LogP contribution in [-0.2, 0) is 16.1 Å². The first-order valence-electron chi connectivity index (χ1n) is 7.00. The second-order valence-electron chi connectivity index (χ2n) is 5.31. The van der Waals surface area contributed by atoms with Crippen LogP contribution in [0.25, 0.3) is 0 Å². The summed E-state index contributed by atoms with van der Waals surface area (Å²) >= 11 is 0. The third-order valence-electron chi connectivity index (χ3n) is 3.57. The molecule has 1 aromatic rings. The van der Waals surface area contributed by atoms with Crippen molar-refractivity contribution in [2.24, 2.45) is 11.7 Å². The average molecular weight is 292 g/mol. The summed E-state index contributed by atoms with van der Waals surface area (Å²) < 4.78 is 5.20. The van der Waals surface area contributed by atoms with Gasteiger partial charge in [-0.1, -0.05) is 12.1 Å². The highest BCUT2D eigenvalue weighted by Gasteiger charge is 2.25. The van der Waals surface area contributed by atoms with Crippen LogP contribution in [0.5, 0.6) is 5.75 Å². The highest BCUT2D eigenvalue weighted by molar-refractivity contribution is 5.75. The van der Waals surface area contributed by atoms with Crippen molar-refractivity contribution in [2.45, 2.75) is 19.4 Å². The number of ether oxygens (including phenoxy) is 1. The molecule has 21 heavy (non-hydrogen) atoms. The van der Waals surface area contributed by atoms with Crippen LogP contribution in [0.3, 0.4) is 0 Å². The van der Waals surface area contributed by atoms with Crippen LogP contribution in [0.1, 0.15) is 18.4 Å². The Morgan fingerprint density at radius 2 is 2.05 bits per heavy atom. The van der Waals surface area contributed by atoms with Crippen LogP contribution in [0.15, 0.2) is 24.3 Å². The van der Waals surface area contributed by atoms with Gasteiger partial charge in [0.1, 0.15) is 5.75 Å². The maximum Gasteiger partial charge on any atom is 0.307 e. The number of piperidine rings is 1.